The molecule has 0 spiro atoms. The van der Waals surface area contributed by atoms with Crippen molar-refractivity contribution in [3.63, 3.8) is 0 Å². The van der Waals surface area contributed by atoms with E-state index in [0.717, 1.165) is 5.56 Å². The van der Waals surface area contributed by atoms with Crippen LogP contribution in [0.5, 0.6) is 0 Å². The summed E-state index contributed by atoms with van der Waals surface area (Å²) in [5.74, 6) is -0.879. The van der Waals surface area contributed by atoms with Gasteiger partial charge in [-0.1, -0.05) is 30.3 Å². The Bertz CT molecular complexity index is 378. The Hall–Kier alpha value is -1.39. The van der Waals surface area contributed by atoms with Crippen LogP contribution in [0.25, 0.3) is 0 Å². The highest BCUT2D eigenvalue weighted by atomic mass is 16.4. The Kier molecular flexibility index (Phi) is 5.31. The van der Waals surface area contributed by atoms with Gasteiger partial charge in [-0.05, 0) is 26.3 Å². The minimum absolute atomic E-state index is 0.0643. The number of carboxylic acids is 1. The minimum atomic E-state index is -0.879. The van der Waals surface area contributed by atoms with Crippen LogP contribution in [0.2, 0.25) is 0 Å². The van der Waals surface area contributed by atoms with E-state index >= 15 is 0 Å². The molecule has 18 heavy (non-hydrogen) atoms. The molecule has 0 heterocycles. The third-order valence-corrected chi connectivity index (χ3v) is 3.10. The lowest BCUT2D eigenvalue weighted by Crippen LogP contribution is -2.45. The van der Waals surface area contributed by atoms with Crippen LogP contribution in [0.3, 0.4) is 0 Å². The molecule has 4 nitrogen and oxygen atoms in total. The summed E-state index contributed by atoms with van der Waals surface area (Å²) in [6.45, 7) is 5.64. The first-order valence-corrected chi connectivity index (χ1v) is 6.14. The Morgan fingerprint density at radius 1 is 1.22 bits per heavy atom. The van der Waals surface area contributed by atoms with E-state index in [9.17, 15) is 9.90 Å². The zero-order valence-corrected chi connectivity index (χ0v) is 11.1. The van der Waals surface area contributed by atoms with Crippen LogP contribution in [-0.4, -0.2) is 39.7 Å². The maximum atomic E-state index is 10.9. The normalized spacial score (nSPS) is 14.8. The second-order valence-corrected chi connectivity index (χ2v) is 4.76. The van der Waals surface area contributed by atoms with Gasteiger partial charge >= 0.3 is 5.97 Å². The molecule has 0 aromatic heterocycles. The number of hydrogen-bond donors (Lipinski definition) is 2. The highest BCUT2D eigenvalue weighted by Crippen LogP contribution is 2.22. The molecule has 0 unspecified atom stereocenters. The van der Waals surface area contributed by atoms with Gasteiger partial charge in [0.25, 0.3) is 0 Å². The fourth-order valence-corrected chi connectivity index (χ4v) is 2.06. The van der Waals surface area contributed by atoms with Crippen LogP contribution in [0.15, 0.2) is 30.3 Å². The van der Waals surface area contributed by atoms with Gasteiger partial charge in [0.05, 0.1) is 12.6 Å². The van der Waals surface area contributed by atoms with Gasteiger partial charge in [-0.3, -0.25) is 9.69 Å². The molecule has 0 aliphatic heterocycles. The third-order valence-electron chi connectivity index (χ3n) is 3.10. The number of carbonyl (C=O) groups is 1. The van der Waals surface area contributed by atoms with Crippen LogP contribution in [-0.2, 0) is 4.79 Å². The van der Waals surface area contributed by atoms with Crippen molar-refractivity contribution in [1.82, 2.24) is 4.90 Å². The molecule has 0 amide bonds. The van der Waals surface area contributed by atoms with E-state index in [1.807, 2.05) is 51.1 Å². The number of carboxylic acid groups (broad SMARTS) is 1. The van der Waals surface area contributed by atoms with Gasteiger partial charge in [0.2, 0.25) is 0 Å². The largest absolute Gasteiger partial charge is 0.480 e. The fraction of sp³-hybridized carbons (Fsp3) is 0.500. The molecule has 2 atom stereocenters. The smallest absolute Gasteiger partial charge is 0.317 e. The van der Waals surface area contributed by atoms with E-state index in [2.05, 4.69) is 0 Å². The quantitative estimate of drug-likeness (QED) is 0.810. The molecular formula is C14H21NO3. The number of hydrogen-bond acceptors (Lipinski definition) is 3. The Labute approximate surface area is 108 Å². The van der Waals surface area contributed by atoms with Crippen molar-refractivity contribution in [2.45, 2.75) is 39.0 Å². The van der Waals surface area contributed by atoms with Crippen LogP contribution in [0.4, 0.5) is 0 Å². The van der Waals surface area contributed by atoms with Gasteiger partial charge in [0.15, 0.2) is 0 Å². The molecule has 2 N–H and O–H groups in total. The van der Waals surface area contributed by atoms with E-state index in [1.165, 1.54) is 0 Å². The molecule has 0 saturated heterocycles. The third kappa shape index (κ3) is 3.82. The highest BCUT2D eigenvalue weighted by molar-refractivity contribution is 5.69. The van der Waals surface area contributed by atoms with Crippen molar-refractivity contribution < 1.29 is 15.0 Å². The Morgan fingerprint density at radius 3 is 2.22 bits per heavy atom. The maximum Gasteiger partial charge on any atom is 0.317 e. The molecule has 0 fully saturated rings. The fourth-order valence-electron chi connectivity index (χ4n) is 2.06. The summed E-state index contributed by atoms with van der Waals surface area (Å²) in [5, 5.41) is 19.2. The first-order valence-electron chi connectivity index (χ1n) is 6.14. The van der Waals surface area contributed by atoms with Crippen LogP contribution in [0.1, 0.15) is 32.4 Å². The van der Waals surface area contributed by atoms with Gasteiger partial charge in [-0.2, -0.15) is 0 Å². The van der Waals surface area contributed by atoms with Gasteiger partial charge < -0.3 is 10.2 Å². The molecule has 4 heteroatoms. The van der Waals surface area contributed by atoms with Crippen molar-refractivity contribution >= 4 is 5.97 Å². The number of aliphatic hydroxyl groups excluding tert-OH is 1. The van der Waals surface area contributed by atoms with E-state index in [0.29, 0.717) is 0 Å². The molecule has 0 aliphatic rings. The average molecular weight is 251 g/mol. The summed E-state index contributed by atoms with van der Waals surface area (Å²) in [5.41, 5.74) is 0.807. The number of nitrogens with zero attached hydrogens (tertiary/aromatic N) is 1. The highest BCUT2D eigenvalue weighted by Gasteiger charge is 2.26. The first-order chi connectivity index (χ1) is 8.43. The predicted molar refractivity (Wildman–Crippen MR) is 70.3 cm³/mol. The molecular weight excluding hydrogens is 230 g/mol. The summed E-state index contributed by atoms with van der Waals surface area (Å²) in [6, 6.07) is 9.13. The number of benzene rings is 1. The number of aliphatic hydroxyl groups is 1. The lowest BCUT2D eigenvalue weighted by molar-refractivity contribution is -0.140. The second-order valence-electron chi connectivity index (χ2n) is 4.76. The second kappa shape index (κ2) is 6.52. The van der Waals surface area contributed by atoms with Crippen LogP contribution >= 0.6 is 0 Å². The van der Waals surface area contributed by atoms with E-state index in [4.69, 9.17) is 5.11 Å². The molecule has 0 bridgehead atoms. The monoisotopic (exact) mass is 251 g/mol. The van der Waals surface area contributed by atoms with E-state index < -0.39 is 12.1 Å². The number of aliphatic carboxylic acids is 1. The lowest BCUT2D eigenvalue weighted by atomic mass is 10.0. The molecule has 1 rings (SSSR count). The average Bonchev–Trinajstić information content (AvgIpc) is 2.34. The van der Waals surface area contributed by atoms with Gasteiger partial charge in [-0.15, -0.1) is 0 Å². The van der Waals surface area contributed by atoms with E-state index in [-0.39, 0.29) is 18.6 Å². The summed E-state index contributed by atoms with van der Waals surface area (Å²) in [6.07, 6.45) is -0.687. The van der Waals surface area contributed by atoms with Gasteiger partial charge in [-0.25, -0.2) is 0 Å². The standard InChI is InChI=1S/C14H21NO3/c1-10(2)15(9-13(16)17)11(3)14(18)12-7-5-4-6-8-12/h4-8,10-11,14,18H,9H2,1-3H3,(H,16,17)/t11-,14+/m1/s1. The van der Waals surface area contributed by atoms with Gasteiger partial charge in [0.1, 0.15) is 0 Å². The molecule has 1 aromatic carbocycles. The SMILES string of the molecule is CC(C)N(CC(=O)O)[C@H](C)[C@H](O)c1ccccc1. The summed E-state index contributed by atoms with van der Waals surface area (Å²) >= 11 is 0. The molecule has 0 saturated carbocycles. The van der Waals surface area contributed by atoms with Crippen molar-refractivity contribution in [2.75, 3.05) is 6.54 Å². The molecule has 100 valence electrons. The Morgan fingerprint density at radius 2 is 1.78 bits per heavy atom. The van der Waals surface area contributed by atoms with Crippen molar-refractivity contribution in [1.29, 1.82) is 0 Å². The first kappa shape index (κ1) is 14.7. The zero-order valence-electron chi connectivity index (χ0n) is 11.1. The van der Waals surface area contributed by atoms with Crippen LogP contribution in [0, 0.1) is 0 Å². The Balaban J connectivity index is 2.82. The van der Waals surface area contributed by atoms with E-state index in [1.54, 1.807) is 4.90 Å². The summed E-state index contributed by atoms with van der Waals surface area (Å²) in [4.78, 5) is 12.6. The maximum absolute atomic E-state index is 10.9. The van der Waals surface area contributed by atoms with Gasteiger partial charge in [0, 0.05) is 12.1 Å². The van der Waals surface area contributed by atoms with Crippen LogP contribution < -0.4 is 0 Å². The predicted octanol–water partition coefficient (Wildman–Crippen LogP) is 1.90. The molecule has 0 aliphatic carbocycles. The summed E-state index contributed by atoms with van der Waals surface area (Å²) < 4.78 is 0. The summed E-state index contributed by atoms with van der Waals surface area (Å²) in [7, 11) is 0. The zero-order chi connectivity index (χ0) is 13.7. The molecule has 0 radical (unpaired) electrons. The van der Waals surface area contributed by atoms with Crippen molar-refractivity contribution in [3.05, 3.63) is 35.9 Å². The minimum Gasteiger partial charge on any atom is -0.480 e. The number of rotatable bonds is 6. The van der Waals surface area contributed by atoms with Crippen molar-refractivity contribution in [2.24, 2.45) is 0 Å². The topological polar surface area (TPSA) is 60.8 Å². The lowest BCUT2D eigenvalue weighted by Gasteiger charge is -2.34. The van der Waals surface area contributed by atoms with Crippen molar-refractivity contribution in [3.8, 4) is 0 Å². The molecule has 1 aromatic rings.